The molecule has 0 aromatic rings. The maximum absolute atomic E-state index is 2.38. The van der Waals surface area contributed by atoms with Gasteiger partial charge in [0, 0.05) is 4.75 Å². The molecule has 0 saturated carbocycles. The molecule has 0 aliphatic heterocycles. The fraction of sp³-hybridized carbons (Fsp3) is 0.833. The van der Waals surface area contributed by atoms with E-state index in [4.69, 9.17) is 0 Å². The van der Waals surface area contributed by atoms with E-state index in [1.54, 1.807) is 5.57 Å². The topological polar surface area (TPSA) is 0 Å². The van der Waals surface area contributed by atoms with Gasteiger partial charge in [0.2, 0.25) is 0 Å². The van der Waals surface area contributed by atoms with Gasteiger partial charge in [0.05, 0.1) is 0 Å². The monoisotopic (exact) mass is 200 g/mol. The Labute approximate surface area is 88.2 Å². The molecule has 0 rings (SSSR count). The third kappa shape index (κ3) is 3.76. The van der Waals surface area contributed by atoms with Crippen LogP contribution in [0, 0.1) is 0 Å². The Morgan fingerprint density at radius 3 is 2.23 bits per heavy atom. The first-order valence-electron chi connectivity index (χ1n) is 5.44. The van der Waals surface area contributed by atoms with Crippen LogP contribution >= 0.6 is 11.8 Å². The molecule has 0 aliphatic rings. The number of hydrogen-bond donors (Lipinski definition) is 0. The Kier molecular flexibility index (Phi) is 6.58. The molecule has 1 unspecified atom stereocenters. The zero-order valence-electron chi connectivity index (χ0n) is 9.81. The minimum Gasteiger partial charge on any atom is -0.151 e. The first-order valence-corrected chi connectivity index (χ1v) is 6.42. The molecule has 78 valence electrons. The summed E-state index contributed by atoms with van der Waals surface area (Å²) in [4.78, 5) is 0. The molecular formula is C12H24S. The zero-order valence-corrected chi connectivity index (χ0v) is 10.6. The Bertz CT molecular complexity index is 161. The highest BCUT2D eigenvalue weighted by molar-refractivity contribution is 8.00. The Hall–Kier alpha value is 0.0900. The quantitative estimate of drug-likeness (QED) is 0.562. The summed E-state index contributed by atoms with van der Waals surface area (Å²) in [6, 6.07) is 0. The van der Waals surface area contributed by atoms with Gasteiger partial charge in [-0.1, -0.05) is 38.8 Å². The third-order valence-corrected chi connectivity index (χ3v) is 4.16. The zero-order chi connectivity index (χ0) is 10.3. The predicted molar refractivity (Wildman–Crippen MR) is 65.5 cm³/mol. The molecule has 1 heteroatoms. The summed E-state index contributed by atoms with van der Waals surface area (Å²) in [5, 5.41) is 0. The summed E-state index contributed by atoms with van der Waals surface area (Å²) in [5.74, 6) is 1.21. The lowest BCUT2D eigenvalue weighted by Crippen LogP contribution is -2.22. The number of rotatable bonds is 6. The molecule has 0 fully saturated rings. The fourth-order valence-electron chi connectivity index (χ4n) is 1.72. The molecule has 0 radical (unpaired) electrons. The van der Waals surface area contributed by atoms with E-state index in [-0.39, 0.29) is 0 Å². The van der Waals surface area contributed by atoms with E-state index in [1.807, 2.05) is 0 Å². The smallest absolute Gasteiger partial charge is 0.0337 e. The van der Waals surface area contributed by atoms with E-state index in [1.165, 1.54) is 25.0 Å². The van der Waals surface area contributed by atoms with Crippen molar-refractivity contribution in [2.45, 2.75) is 58.6 Å². The van der Waals surface area contributed by atoms with Gasteiger partial charge in [-0.2, -0.15) is 11.8 Å². The van der Waals surface area contributed by atoms with Crippen LogP contribution in [0.5, 0.6) is 0 Å². The summed E-state index contributed by atoms with van der Waals surface area (Å²) < 4.78 is 0.388. The van der Waals surface area contributed by atoms with Crippen LogP contribution in [0.25, 0.3) is 0 Å². The molecular weight excluding hydrogens is 176 g/mol. The van der Waals surface area contributed by atoms with Gasteiger partial charge < -0.3 is 0 Å². The van der Waals surface area contributed by atoms with Crippen LogP contribution in [0.1, 0.15) is 53.9 Å². The molecule has 0 nitrogen and oxygen atoms in total. The highest BCUT2D eigenvalue weighted by atomic mass is 32.2. The highest BCUT2D eigenvalue weighted by Gasteiger charge is 2.25. The average Bonchev–Trinajstić information content (AvgIpc) is 2.14. The SMILES string of the molecule is C/C=C(\CCC)C(C)(CC)SCC. The van der Waals surface area contributed by atoms with Crippen LogP contribution in [0.2, 0.25) is 0 Å². The lowest BCUT2D eigenvalue weighted by molar-refractivity contribution is 0.666. The average molecular weight is 200 g/mol. The van der Waals surface area contributed by atoms with E-state index < -0.39 is 0 Å². The Morgan fingerprint density at radius 1 is 1.31 bits per heavy atom. The van der Waals surface area contributed by atoms with Crippen LogP contribution in [0.15, 0.2) is 11.6 Å². The van der Waals surface area contributed by atoms with E-state index in [0.29, 0.717) is 4.75 Å². The molecule has 13 heavy (non-hydrogen) atoms. The highest BCUT2D eigenvalue weighted by Crippen LogP contribution is 2.37. The van der Waals surface area contributed by atoms with E-state index >= 15 is 0 Å². The van der Waals surface area contributed by atoms with Crippen LogP contribution in [-0.4, -0.2) is 10.5 Å². The van der Waals surface area contributed by atoms with E-state index in [0.717, 1.165) is 0 Å². The summed E-state index contributed by atoms with van der Waals surface area (Å²) >= 11 is 2.08. The second kappa shape index (κ2) is 6.53. The molecule has 0 aromatic carbocycles. The summed E-state index contributed by atoms with van der Waals surface area (Å²) in [6.07, 6.45) is 6.08. The molecule has 1 atom stereocenters. The van der Waals surface area contributed by atoms with Crippen molar-refractivity contribution >= 4 is 11.8 Å². The van der Waals surface area contributed by atoms with Crippen LogP contribution in [-0.2, 0) is 0 Å². The maximum Gasteiger partial charge on any atom is 0.0337 e. The van der Waals surface area contributed by atoms with Gasteiger partial charge in [-0.3, -0.25) is 0 Å². The molecule has 0 N–H and O–H groups in total. The van der Waals surface area contributed by atoms with Gasteiger partial charge in [0.15, 0.2) is 0 Å². The molecule has 0 aliphatic carbocycles. The number of allylic oxidation sites excluding steroid dienone is 1. The van der Waals surface area contributed by atoms with Crippen molar-refractivity contribution in [2.24, 2.45) is 0 Å². The first-order chi connectivity index (χ1) is 6.14. The largest absolute Gasteiger partial charge is 0.151 e. The standard InChI is InChI=1S/C12H24S/c1-6-10-11(7-2)12(5,8-3)13-9-4/h7H,6,8-10H2,1-5H3/b11-7+. The normalized spacial score (nSPS) is 17.2. The summed E-state index contributed by atoms with van der Waals surface area (Å²) in [6.45, 7) is 11.4. The van der Waals surface area contributed by atoms with Crippen LogP contribution < -0.4 is 0 Å². The summed E-state index contributed by atoms with van der Waals surface area (Å²) in [5.41, 5.74) is 1.63. The lowest BCUT2D eigenvalue weighted by Gasteiger charge is -2.30. The molecule has 0 bridgehead atoms. The third-order valence-electron chi connectivity index (χ3n) is 2.68. The summed E-state index contributed by atoms with van der Waals surface area (Å²) in [7, 11) is 0. The van der Waals surface area contributed by atoms with Crippen LogP contribution in [0.4, 0.5) is 0 Å². The van der Waals surface area contributed by atoms with Gasteiger partial charge in [-0.05, 0) is 32.4 Å². The van der Waals surface area contributed by atoms with Crippen molar-refractivity contribution in [1.82, 2.24) is 0 Å². The molecule has 0 amide bonds. The van der Waals surface area contributed by atoms with Crippen molar-refractivity contribution in [1.29, 1.82) is 0 Å². The minimum atomic E-state index is 0.388. The second-order valence-corrected chi connectivity index (χ2v) is 5.35. The van der Waals surface area contributed by atoms with Crippen molar-refractivity contribution in [3.8, 4) is 0 Å². The van der Waals surface area contributed by atoms with E-state index in [2.05, 4.69) is 52.5 Å². The van der Waals surface area contributed by atoms with Crippen LogP contribution in [0.3, 0.4) is 0 Å². The predicted octanol–water partition coefficient (Wildman–Crippen LogP) is 4.65. The second-order valence-electron chi connectivity index (χ2n) is 3.58. The fourth-order valence-corrected chi connectivity index (χ4v) is 2.97. The number of hydrogen-bond acceptors (Lipinski definition) is 1. The van der Waals surface area contributed by atoms with Crippen molar-refractivity contribution in [2.75, 3.05) is 5.75 Å². The molecule has 0 spiro atoms. The Balaban J connectivity index is 4.50. The van der Waals surface area contributed by atoms with Crippen molar-refractivity contribution < 1.29 is 0 Å². The molecule has 0 aromatic heterocycles. The molecule has 0 heterocycles. The molecule has 0 saturated heterocycles. The van der Waals surface area contributed by atoms with Crippen molar-refractivity contribution in [3.05, 3.63) is 11.6 Å². The van der Waals surface area contributed by atoms with Gasteiger partial charge in [-0.15, -0.1) is 0 Å². The maximum atomic E-state index is 2.38. The van der Waals surface area contributed by atoms with Gasteiger partial charge in [0.1, 0.15) is 0 Å². The lowest BCUT2D eigenvalue weighted by atomic mass is 9.93. The van der Waals surface area contributed by atoms with E-state index in [9.17, 15) is 0 Å². The number of thioether (sulfide) groups is 1. The van der Waals surface area contributed by atoms with Gasteiger partial charge >= 0.3 is 0 Å². The van der Waals surface area contributed by atoms with Gasteiger partial charge in [0.25, 0.3) is 0 Å². The minimum absolute atomic E-state index is 0.388. The van der Waals surface area contributed by atoms with Crippen molar-refractivity contribution in [3.63, 3.8) is 0 Å². The van der Waals surface area contributed by atoms with Gasteiger partial charge in [-0.25, -0.2) is 0 Å². The Morgan fingerprint density at radius 2 is 1.92 bits per heavy atom. The first kappa shape index (κ1) is 13.1.